The molecule has 0 aromatic heterocycles. The van der Waals surface area contributed by atoms with Gasteiger partial charge in [0.2, 0.25) is 0 Å². The molecule has 0 saturated carbocycles. The van der Waals surface area contributed by atoms with Crippen LogP contribution in [0.4, 0.5) is 10.1 Å². The molecule has 6 rings (SSSR count). The molecule has 3 aromatic carbocycles. The number of benzene rings is 3. The Bertz CT molecular complexity index is 1580. The van der Waals surface area contributed by atoms with E-state index in [1.54, 1.807) is 60.7 Å². The second-order valence-corrected chi connectivity index (χ2v) is 11.6. The Hall–Kier alpha value is -4.26. The van der Waals surface area contributed by atoms with Crippen molar-refractivity contribution < 1.29 is 28.2 Å². The van der Waals surface area contributed by atoms with Crippen LogP contribution in [0.15, 0.2) is 66.7 Å². The predicted molar refractivity (Wildman–Crippen MR) is 150 cm³/mol. The van der Waals surface area contributed by atoms with Crippen LogP contribution in [0.1, 0.15) is 58.5 Å². The largest absolute Gasteiger partial charge is 0.493 e. The molecular formula is C33H30FNO5. The lowest BCUT2D eigenvalue weighted by atomic mass is 9.63. The fraction of sp³-hybridized carbons (Fsp3) is 0.303. The molecule has 0 bridgehead atoms. The number of methoxy groups -OCH3 is 2. The second kappa shape index (κ2) is 8.88. The van der Waals surface area contributed by atoms with Crippen molar-refractivity contribution in [2.75, 3.05) is 19.1 Å². The molecule has 1 spiro atoms. The van der Waals surface area contributed by atoms with Crippen molar-refractivity contribution in [2.24, 2.45) is 10.8 Å². The summed E-state index contributed by atoms with van der Waals surface area (Å²) < 4.78 is 25.4. The fourth-order valence-corrected chi connectivity index (χ4v) is 6.81. The smallest absolute Gasteiger partial charge is 0.180 e. The first kappa shape index (κ1) is 26.0. The van der Waals surface area contributed by atoms with Gasteiger partial charge in [-0.2, -0.15) is 0 Å². The molecule has 3 aromatic rings. The minimum absolute atomic E-state index is 0.128. The molecular weight excluding hydrogens is 509 g/mol. The maximum atomic E-state index is 14.6. The first-order valence-corrected chi connectivity index (χ1v) is 13.3. The van der Waals surface area contributed by atoms with Gasteiger partial charge in [-0.15, -0.1) is 0 Å². The molecule has 6 nitrogen and oxygen atoms in total. The third-order valence-corrected chi connectivity index (χ3v) is 8.54. The van der Waals surface area contributed by atoms with Gasteiger partial charge in [0.05, 0.1) is 26.3 Å². The van der Waals surface area contributed by atoms with Crippen LogP contribution < -0.4 is 14.4 Å². The van der Waals surface area contributed by atoms with Gasteiger partial charge in [0.25, 0.3) is 0 Å². The predicted octanol–water partition coefficient (Wildman–Crippen LogP) is 5.89. The molecule has 7 heteroatoms. The van der Waals surface area contributed by atoms with Crippen LogP contribution in [-0.2, 0) is 4.79 Å². The molecule has 1 fully saturated rings. The summed E-state index contributed by atoms with van der Waals surface area (Å²) in [4.78, 5) is 45.6. The highest BCUT2D eigenvalue weighted by Gasteiger charge is 2.72. The molecule has 0 amide bonds. The van der Waals surface area contributed by atoms with Crippen LogP contribution in [0, 0.1) is 16.6 Å². The number of hydrogen-bond donors (Lipinski definition) is 0. The molecule has 3 atom stereocenters. The Balaban J connectivity index is 1.70. The quantitative estimate of drug-likeness (QED) is 0.385. The Morgan fingerprint density at radius 1 is 0.900 bits per heavy atom. The van der Waals surface area contributed by atoms with Gasteiger partial charge in [-0.05, 0) is 35.9 Å². The van der Waals surface area contributed by atoms with Gasteiger partial charge in [0.15, 0.2) is 28.8 Å². The number of ether oxygens (including phenoxy) is 2. The van der Waals surface area contributed by atoms with E-state index in [1.165, 1.54) is 26.4 Å². The summed E-state index contributed by atoms with van der Waals surface area (Å²) in [7, 11) is 3.05. The first-order chi connectivity index (χ1) is 19.0. The summed E-state index contributed by atoms with van der Waals surface area (Å²) in [6, 6.07) is 14.8. The van der Waals surface area contributed by atoms with Gasteiger partial charge < -0.3 is 14.4 Å². The van der Waals surface area contributed by atoms with Crippen molar-refractivity contribution in [3.8, 4) is 11.5 Å². The van der Waals surface area contributed by atoms with Crippen molar-refractivity contribution in [2.45, 2.75) is 38.8 Å². The van der Waals surface area contributed by atoms with Crippen LogP contribution in [0.25, 0.3) is 6.08 Å². The van der Waals surface area contributed by atoms with E-state index in [1.807, 2.05) is 25.7 Å². The molecule has 204 valence electrons. The summed E-state index contributed by atoms with van der Waals surface area (Å²) >= 11 is 0. The fourth-order valence-electron chi connectivity index (χ4n) is 6.81. The van der Waals surface area contributed by atoms with Crippen molar-refractivity contribution in [3.63, 3.8) is 0 Å². The Kier molecular flexibility index (Phi) is 5.77. The molecule has 0 radical (unpaired) electrons. The van der Waals surface area contributed by atoms with E-state index >= 15 is 0 Å². The zero-order chi connectivity index (χ0) is 28.6. The highest BCUT2D eigenvalue weighted by atomic mass is 19.1. The lowest BCUT2D eigenvalue weighted by Gasteiger charge is -2.38. The van der Waals surface area contributed by atoms with Crippen molar-refractivity contribution in [3.05, 3.63) is 94.8 Å². The van der Waals surface area contributed by atoms with Crippen molar-refractivity contribution in [1.82, 2.24) is 0 Å². The van der Waals surface area contributed by atoms with Gasteiger partial charge in [-0.3, -0.25) is 14.4 Å². The minimum atomic E-state index is -1.63. The SMILES string of the molecule is COc1ccc([C@@H]2[C@@H](C(=O)C(C)(C)C)N3c4ccc(F)cc4C=C[C@@H]3C23C(=O)c2ccccc2C3=O)cc1OC. The molecule has 40 heavy (non-hydrogen) atoms. The average molecular weight is 540 g/mol. The minimum Gasteiger partial charge on any atom is -0.493 e. The standard InChI is InChI=1S/C33H30FNO5/c1-32(2,3)31(38)28-27(19-10-14-24(39-4)25(17-19)40-5)33(29(36)21-8-6-7-9-22(21)30(33)37)26-15-11-18-16-20(34)12-13-23(18)35(26)28/h6-17,26-28H,1-5H3/t26-,27-,28+/m1/s1. The van der Waals surface area contributed by atoms with E-state index < -0.39 is 34.6 Å². The number of carbonyl (C=O) groups is 3. The average Bonchev–Trinajstić information content (AvgIpc) is 3.37. The number of rotatable bonds is 4. The normalized spacial score (nSPS) is 22.2. The maximum absolute atomic E-state index is 14.6. The molecule has 2 heterocycles. The van der Waals surface area contributed by atoms with Crippen molar-refractivity contribution in [1.29, 1.82) is 0 Å². The first-order valence-electron chi connectivity index (χ1n) is 13.3. The summed E-state index contributed by atoms with van der Waals surface area (Å²) in [5, 5.41) is 0. The van der Waals surface area contributed by atoms with E-state index in [0.29, 0.717) is 39.4 Å². The number of halogens is 1. The molecule has 2 aliphatic heterocycles. The number of fused-ring (bicyclic) bond motifs is 5. The molecule has 3 aliphatic rings. The number of nitrogens with zero attached hydrogens (tertiary/aromatic N) is 1. The van der Waals surface area contributed by atoms with Crippen molar-refractivity contribution >= 4 is 29.1 Å². The van der Waals surface area contributed by atoms with E-state index in [4.69, 9.17) is 9.47 Å². The van der Waals surface area contributed by atoms with Crippen LogP contribution in [0.2, 0.25) is 0 Å². The summed E-state index contributed by atoms with van der Waals surface area (Å²) in [6.07, 6.45) is 3.54. The Morgan fingerprint density at radius 2 is 1.55 bits per heavy atom. The molecule has 0 N–H and O–H groups in total. The van der Waals surface area contributed by atoms with E-state index in [-0.39, 0.29) is 17.3 Å². The topological polar surface area (TPSA) is 72.9 Å². The lowest BCUT2D eigenvalue weighted by molar-refractivity contribution is -0.127. The summed E-state index contributed by atoms with van der Waals surface area (Å²) in [6.45, 7) is 5.50. The number of carbonyl (C=O) groups excluding carboxylic acids is 3. The molecule has 1 aliphatic carbocycles. The van der Waals surface area contributed by atoms with Gasteiger partial charge >= 0.3 is 0 Å². The van der Waals surface area contributed by atoms with Crippen LogP contribution in [0.3, 0.4) is 0 Å². The van der Waals surface area contributed by atoms with E-state index in [9.17, 15) is 18.8 Å². The maximum Gasteiger partial charge on any atom is 0.180 e. The second-order valence-electron chi connectivity index (χ2n) is 11.6. The monoisotopic (exact) mass is 539 g/mol. The highest BCUT2D eigenvalue weighted by molar-refractivity contribution is 6.32. The van der Waals surface area contributed by atoms with Crippen LogP contribution >= 0.6 is 0 Å². The Labute approximate surface area is 232 Å². The van der Waals surface area contributed by atoms with E-state index in [0.717, 1.165) is 0 Å². The third-order valence-electron chi connectivity index (χ3n) is 8.54. The van der Waals surface area contributed by atoms with Gasteiger partial charge in [-0.1, -0.05) is 63.3 Å². The number of hydrogen-bond acceptors (Lipinski definition) is 6. The van der Waals surface area contributed by atoms with Crippen LogP contribution in [0.5, 0.6) is 11.5 Å². The number of ketones is 3. The lowest BCUT2D eigenvalue weighted by Crippen LogP contribution is -2.49. The molecule has 1 saturated heterocycles. The van der Waals surface area contributed by atoms with Gasteiger partial charge in [0, 0.05) is 33.7 Å². The number of anilines is 1. The third kappa shape index (κ3) is 3.36. The highest BCUT2D eigenvalue weighted by Crippen LogP contribution is 2.61. The van der Waals surface area contributed by atoms with Gasteiger partial charge in [-0.25, -0.2) is 4.39 Å². The van der Waals surface area contributed by atoms with Crippen LogP contribution in [-0.4, -0.2) is 43.7 Å². The number of Topliss-reactive ketones (excluding diaryl/α,β-unsaturated/α-hetero) is 3. The molecule has 0 unspecified atom stereocenters. The summed E-state index contributed by atoms with van der Waals surface area (Å²) in [5.41, 5.74) is 0.0598. The Morgan fingerprint density at radius 3 is 2.15 bits per heavy atom. The van der Waals surface area contributed by atoms with E-state index in [2.05, 4.69) is 0 Å². The zero-order valence-corrected chi connectivity index (χ0v) is 23.0. The summed E-state index contributed by atoms with van der Waals surface area (Å²) in [5.74, 6) is -1.12. The van der Waals surface area contributed by atoms with Gasteiger partial charge in [0.1, 0.15) is 11.2 Å². The zero-order valence-electron chi connectivity index (χ0n) is 23.0.